The minimum Gasteiger partial charge on any atom is -0.493 e. The first-order chi connectivity index (χ1) is 9.81. The van der Waals surface area contributed by atoms with Gasteiger partial charge in [0.2, 0.25) is 0 Å². The fraction of sp³-hybridized carbons (Fsp3) is 0.471. The minimum absolute atomic E-state index is 0.192. The van der Waals surface area contributed by atoms with Crippen molar-refractivity contribution in [3.05, 3.63) is 30.0 Å². The largest absolute Gasteiger partial charge is 0.493 e. The Kier molecular flexibility index (Phi) is 3.77. The summed E-state index contributed by atoms with van der Waals surface area (Å²) in [7, 11) is 0. The maximum atomic E-state index is 12.8. The number of carbonyl (C=O) groups is 1. The number of H-pyrrole nitrogens is 1. The highest BCUT2D eigenvalue weighted by Crippen LogP contribution is 2.33. The summed E-state index contributed by atoms with van der Waals surface area (Å²) in [5.41, 5.74) is 1.78. The second kappa shape index (κ2) is 5.70. The molecule has 0 unspecified atom stereocenters. The van der Waals surface area contributed by atoms with Crippen LogP contribution in [0.4, 0.5) is 0 Å². The molecule has 3 rings (SSSR count). The van der Waals surface area contributed by atoms with E-state index in [-0.39, 0.29) is 11.7 Å². The Hall–Kier alpha value is -1.77. The van der Waals surface area contributed by atoms with Crippen LogP contribution in [0.1, 0.15) is 49.4 Å². The summed E-state index contributed by atoms with van der Waals surface area (Å²) in [6, 6.07) is 5.89. The van der Waals surface area contributed by atoms with Gasteiger partial charge < -0.3 is 9.72 Å². The lowest BCUT2D eigenvalue weighted by atomic mass is 9.84. The van der Waals surface area contributed by atoms with Crippen molar-refractivity contribution in [1.82, 2.24) is 4.98 Å². The van der Waals surface area contributed by atoms with Crippen LogP contribution in [0, 0.1) is 5.92 Å². The van der Waals surface area contributed by atoms with Gasteiger partial charge >= 0.3 is 0 Å². The quantitative estimate of drug-likeness (QED) is 0.841. The van der Waals surface area contributed by atoms with E-state index in [4.69, 9.17) is 4.74 Å². The van der Waals surface area contributed by atoms with E-state index in [0.717, 1.165) is 35.1 Å². The maximum Gasteiger partial charge on any atom is 0.168 e. The fourth-order valence-corrected chi connectivity index (χ4v) is 3.21. The highest BCUT2D eigenvalue weighted by Gasteiger charge is 2.25. The summed E-state index contributed by atoms with van der Waals surface area (Å²) >= 11 is 0. The predicted octanol–water partition coefficient (Wildman–Crippen LogP) is 4.33. The van der Waals surface area contributed by atoms with Crippen LogP contribution in [0.15, 0.2) is 24.4 Å². The van der Waals surface area contributed by atoms with Gasteiger partial charge in [0.1, 0.15) is 5.75 Å². The van der Waals surface area contributed by atoms with Gasteiger partial charge in [-0.3, -0.25) is 4.79 Å². The molecule has 3 heteroatoms. The zero-order valence-corrected chi connectivity index (χ0v) is 11.9. The molecule has 3 nitrogen and oxygen atoms in total. The summed E-state index contributed by atoms with van der Waals surface area (Å²) in [5.74, 6) is 1.28. The molecule has 106 valence electrons. The molecule has 0 spiro atoms. The van der Waals surface area contributed by atoms with Gasteiger partial charge in [-0.25, -0.2) is 0 Å². The molecule has 0 amide bonds. The Bertz CT molecular complexity index is 608. The second-order valence-electron chi connectivity index (χ2n) is 5.51. The zero-order chi connectivity index (χ0) is 13.9. The van der Waals surface area contributed by atoms with Crippen LogP contribution in [0.3, 0.4) is 0 Å². The van der Waals surface area contributed by atoms with Gasteiger partial charge in [-0.1, -0.05) is 25.3 Å². The summed E-state index contributed by atoms with van der Waals surface area (Å²) in [4.78, 5) is 16.0. The monoisotopic (exact) mass is 271 g/mol. The van der Waals surface area contributed by atoms with Crippen molar-refractivity contribution in [2.45, 2.75) is 39.0 Å². The van der Waals surface area contributed by atoms with E-state index in [0.29, 0.717) is 6.61 Å². The highest BCUT2D eigenvalue weighted by molar-refractivity contribution is 6.10. The van der Waals surface area contributed by atoms with Gasteiger partial charge in [0, 0.05) is 23.2 Å². The van der Waals surface area contributed by atoms with Crippen LogP contribution in [0.5, 0.6) is 5.75 Å². The van der Waals surface area contributed by atoms with Gasteiger partial charge in [-0.15, -0.1) is 0 Å². The van der Waals surface area contributed by atoms with Crippen LogP contribution in [-0.2, 0) is 0 Å². The van der Waals surface area contributed by atoms with E-state index in [9.17, 15) is 4.79 Å². The molecule has 1 aliphatic carbocycles. The number of rotatable bonds is 4. The summed E-state index contributed by atoms with van der Waals surface area (Å²) in [5, 5.41) is 0.949. The lowest BCUT2D eigenvalue weighted by Crippen LogP contribution is -2.17. The second-order valence-corrected chi connectivity index (χ2v) is 5.51. The number of Topliss-reactive ketones (excluding diaryl/α,β-unsaturated/α-hetero) is 1. The molecular weight excluding hydrogens is 250 g/mol. The van der Waals surface area contributed by atoms with E-state index >= 15 is 0 Å². The van der Waals surface area contributed by atoms with Crippen LogP contribution in [-0.4, -0.2) is 17.4 Å². The van der Waals surface area contributed by atoms with Crippen molar-refractivity contribution in [2.24, 2.45) is 5.92 Å². The Morgan fingerprint density at radius 3 is 2.85 bits per heavy atom. The number of benzene rings is 1. The SMILES string of the molecule is CCOc1cccc2[nH]cc(C(=O)C3CCCCC3)c12. The smallest absolute Gasteiger partial charge is 0.168 e. The zero-order valence-electron chi connectivity index (χ0n) is 11.9. The number of hydrogen-bond acceptors (Lipinski definition) is 2. The Morgan fingerprint density at radius 2 is 2.10 bits per heavy atom. The molecule has 0 saturated heterocycles. The standard InChI is InChI=1S/C17H21NO2/c1-2-20-15-10-6-9-14-16(15)13(11-18-14)17(19)12-7-4-3-5-8-12/h6,9-12,18H,2-5,7-8H2,1H3. The van der Waals surface area contributed by atoms with Crippen molar-refractivity contribution < 1.29 is 9.53 Å². The Balaban J connectivity index is 2.00. The van der Waals surface area contributed by atoms with Crippen molar-refractivity contribution in [1.29, 1.82) is 0 Å². The van der Waals surface area contributed by atoms with Crippen molar-refractivity contribution in [3.8, 4) is 5.75 Å². The lowest BCUT2D eigenvalue weighted by molar-refractivity contribution is 0.0891. The normalized spacial score (nSPS) is 16.4. The van der Waals surface area contributed by atoms with E-state index in [1.807, 2.05) is 31.3 Å². The molecule has 0 radical (unpaired) electrons. The third-order valence-electron chi connectivity index (χ3n) is 4.21. The van der Waals surface area contributed by atoms with E-state index < -0.39 is 0 Å². The number of ether oxygens (including phenoxy) is 1. The molecule has 1 aromatic carbocycles. The molecule has 1 heterocycles. The van der Waals surface area contributed by atoms with E-state index in [1.54, 1.807) is 0 Å². The average Bonchev–Trinajstić information content (AvgIpc) is 2.93. The van der Waals surface area contributed by atoms with Crippen molar-refractivity contribution in [2.75, 3.05) is 6.61 Å². The first kappa shape index (κ1) is 13.2. The molecule has 1 fully saturated rings. The van der Waals surface area contributed by atoms with Crippen molar-refractivity contribution in [3.63, 3.8) is 0 Å². The number of hydrogen-bond donors (Lipinski definition) is 1. The van der Waals surface area contributed by atoms with E-state index in [1.165, 1.54) is 19.3 Å². The fourth-order valence-electron chi connectivity index (χ4n) is 3.21. The number of aromatic amines is 1. The molecule has 1 aromatic heterocycles. The summed E-state index contributed by atoms with van der Waals surface area (Å²) < 4.78 is 5.68. The van der Waals surface area contributed by atoms with Crippen LogP contribution in [0.2, 0.25) is 0 Å². The molecule has 0 aliphatic heterocycles. The van der Waals surface area contributed by atoms with Gasteiger partial charge in [0.15, 0.2) is 5.78 Å². The summed E-state index contributed by atoms with van der Waals surface area (Å²) in [6.45, 7) is 2.58. The van der Waals surface area contributed by atoms with Crippen LogP contribution >= 0.6 is 0 Å². The number of aromatic nitrogens is 1. The third kappa shape index (κ3) is 2.33. The molecule has 0 bridgehead atoms. The van der Waals surface area contributed by atoms with Crippen molar-refractivity contribution >= 4 is 16.7 Å². The van der Waals surface area contributed by atoms with E-state index in [2.05, 4.69) is 4.98 Å². The Labute approximate surface area is 119 Å². The number of nitrogens with one attached hydrogen (secondary N) is 1. The lowest BCUT2D eigenvalue weighted by Gasteiger charge is -2.20. The van der Waals surface area contributed by atoms with Crippen LogP contribution in [0.25, 0.3) is 10.9 Å². The highest BCUT2D eigenvalue weighted by atomic mass is 16.5. The number of carbonyl (C=O) groups excluding carboxylic acids is 1. The molecule has 1 N–H and O–H groups in total. The van der Waals surface area contributed by atoms with Crippen LogP contribution < -0.4 is 4.74 Å². The average molecular weight is 271 g/mol. The topological polar surface area (TPSA) is 42.1 Å². The predicted molar refractivity (Wildman–Crippen MR) is 80.4 cm³/mol. The van der Waals surface area contributed by atoms with Gasteiger partial charge in [-0.2, -0.15) is 0 Å². The van der Waals surface area contributed by atoms with Gasteiger partial charge in [0.25, 0.3) is 0 Å². The molecule has 20 heavy (non-hydrogen) atoms. The molecular formula is C17H21NO2. The third-order valence-corrected chi connectivity index (χ3v) is 4.21. The minimum atomic E-state index is 0.192. The first-order valence-electron chi connectivity index (χ1n) is 7.58. The maximum absolute atomic E-state index is 12.8. The molecule has 0 atom stereocenters. The van der Waals surface area contributed by atoms with Gasteiger partial charge in [-0.05, 0) is 31.9 Å². The summed E-state index contributed by atoms with van der Waals surface area (Å²) in [6.07, 6.45) is 7.53. The number of fused-ring (bicyclic) bond motifs is 1. The van der Waals surface area contributed by atoms with Gasteiger partial charge in [0.05, 0.1) is 12.0 Å². The Morgan fingerprint density at radius 1 is 1.30 bits per heavy atom. The first-order valence-corrected chi connectivity index (χ1v) is 7.58. The number of ketones is 1. The molecule has 1 saturated carbocycles. The molecule has 1 aliphatic rings. The molecule has 2 aromatic rings.